The minimum atomic E-state index is 0. The van der Waals surface area contributed by atoms with Crippen LogP contribution in [0.2, 0.25) is 0 Å². The predicted octanol–water partition coefficient (Wildman–Crippen LogP) is 5.88. The number of rotatable bonds is 3. The van der Waals surface area contributed by atoms with Crippen molar-refractivity contribution in [1.29, 1.82) is 0 Å². The minimum absolute atomic E-state index is 0. The van der Waals surface area contributed by atoms with E-state index in [1.54, 1.807) is 0 Å². The van der Waals surface area contributed by atoms with E-state index in [2.05, 4.69) is 166 Å². The molecule has 0 fully saturated rings. The third-order valence-corrected chi connectivity index (χ3v) is 11.0. The topological polar surface area (TPSA) is 0 Å². The summed E-state index contributed by atoms with van der Waals surface area (Å²) < 4.78 is 1.42. The van der Waals surface area contributed by atoms with Gasteiger partial charge in [0.05, 0.1) is 0 Å². The van der Waals surface area contributed by atoms with Crippen LogP contribution in [0.3, 0.4) is 0 Å². The molecule has 5 aromatic rings. The van der Waals surface area contributed by atoms with Crippen LogP contribution in [0.5, 0.6) is 0 Å². The zero-order valence-corrected chi connectivity index (χ0v) is 33.0. The van der Waals surface area contributed by atoms with Gasteiger partial charge >= 0.3 is 99.2 Å². The summed E-state index contributed by atoms with van der Waals surface area (Å²) in [6.45, 7) is 23.2. The van der Waals surface area contributed by atoms with Gasteiger partial charge in [0.25, 0.3) is 0 Å². The Kier molecular flexibility index (Phi) is 12.2. The number of benzene rings is 4. The molecule has 238 valence electrons. The van der Waals surface area contributed by atoms with Crippen molar-refractivity contribution in [3.8, 4) is 0 Å². The molecular formula is C43H47Cl2Zr-. The molecule has 0 aromatic heterocycles. The zero-order chi connectivity index (χ0) is 32.0. The van der Waals surface area contributed by atoms with Gasteiger partial charge < -0.3 is 24.8 Å². The molecule has 0 spiro atoms. The van der Waals surface area contributed by atoms with Gasteiger partial charge in [-0.3, -0.25) is 0 Å². The summed E-state index contributed by atoms with van der Waals surface area (Å²) in [6, 6.07) is 35.4. The molecule has 1 aliphatic carbocycles. The molecule has 3 heteroatoms. The third-order valence-electron chi connectivity index (χ3n) is 9.60. The van der Waals surface area contributed by atoms with Gasteiger partial charge in [0.2, 0.25) is 0 Å². The monoisotopic (exact) mass is 723 g/mol. The van der Waals surface area contributed by atoms with Crippen LogP contribution in [0.4, 0.5) is 0 Å². The normalized spacial score (nSPS) is 15.0. The second-order valence-electron chi connectivity index (χ2n) is 14.6. The molecule has 0 radical (unpaired) electrons. The molecular weight excluding hydrogens is 679 g/mol. The second kappa shape index (κ2) is 14.8. The molecule has 1 aliphatic rings. The van der Waals surface area contributed by atoms with Gasteiger partial charge in [0, 0.05) is 0 Å². The summed E-state index contributed by atoms with van der Waals surface area (Å²) in [5.74, 6) is 0.472. The fourth-order valence-corrected chi connectivity index (χ4v) is 7.43. The van der Waals surface area contributed by atoms with E-state index in [-0.39, 0.29) is 35.6 Å². The van der Waals surface area contributed by atoms with E-state index < -0.39 is 0 Å². The Bertz CT molecular complexity index is 1870. The average Bonchev–Trinajstić information content (AvgIpc) is 3.46. The molecule has 0 saturated heterocycles. The first kappa shape index (κ1) is 38.0. The van der Waals surface area contributed by atoms with E-state index in [1.165, 1.54) is 99.1 Å². The van der Waals surface area contributed by atoms with E-state index in [0.717, 1.165) is 0 Å². The number of halogens is 2. The first-order valence-corrected chi connectivity index (χ1v) is 17.2. The van der Waals surface area contributed by atoms with Crippen LogP contribution in [0, 0.1) is 5.92 Å². The third kappa shape index (κ3) is 7.49. The molecule has 1 unspecified atom stereocenters. The van der Waals surface area contributed by atoms with Gasteiger partial charge in [-0.25, -0.2) is 0 Å². The average molecular weight is 726 g/mol. The van der Waals surface area contributed by atoms with Crippen LogP contribution in [0.25, 0.3) is 27.1 Å². The number of hydrogen-bond donors (Lipinski definition) is 0. The molecule has 5 aromatic carbocycles. The van der Waals surface area contributed by atoms with Crippen molar-refractivity contribution >= 4 is 30.3 Å². The fraction of sp³-hybridized carbons (Fsp3) is 0.302. The first-order chi connectivity index (χ1) is 20.7. The zero-order valence-electron chi connectivity index (χ0n) is 29.1. The van der Waals surface area contributed by atoms with E-state index in [9.17, 15) is 0 Å². The van der Waals surface area contributed by atoms with Crippen molar-refractivity contribution in [1.82, 2.24) is 0 Å². The van der Waals surface area contributed by atoms with Crippen molar-refractivity contribution in [2.24, 2.45) is 5.92 Å². The van der Waals surface area contributed by atoms with Crippen molar-refractivity contribution < 1.29 is 49.0 Å². The van der Waals surface area contributed by atoms with Crippen molar-refractivity contribution in [2.75, 3.05) is 0 Å². The fourth-order valence-electron chi connectivity index (χ4n) is 6.61. The van der Waals surface area contributed by atoms with Crippen LogP contribution in [-0.4, -0.2) is 3.21 Å². The first-order valence-electron chi connectivity index (χ1n) is 16.0. The van der Waals surface area contributed by atoms with Gasteiger partial charge in [0.15, 0.2) is 0 Å². The van der Waals surface area contributed by atoms with E-state index >= 15 is 0 Å². The Morgan fingerprint density at radius 1 is 0.652 bits per heavy atom. The van der Waals surface area contributed by atoms with Gasteiger partial charge in [-0.15, -0.1) is 33.7 Å². The second-order valence-corrected chi connectivity index (χ2v) is 15.8. The maximum absolute atomic E-state index is 2.46. The van der Waals surface area contributed by atoms with Crippen molar-refractivity contribution in [3.63, 3.8) is 0 Å². The SMILES string of the molecule is CC1=C(C)C(C)C(c2c(C(C)(C)C)ccc3c2[cH-]c2cc(C(C)(C)C)ccc23)=C1C.[Cl-].[Cl-].[Zr+2]=[C](c1ccccc1)c1ccccc1. The summed E-state index contributed by atoms with van der Waals surface area (Å²) >= 11 is 1.46. The summed E-state index contributed by atoms with van der Waals surface area (Å²) in [5, 5.41) is 5.57. The molecule has 0 aliphatic heterocycles. The van der Waals surface area contributed by atoms with Gasteiger partial charge in [0.1, 0.15) is 0 Å². The number of fused-ring (bicyclic) bond motifs is 3. The molecule has 0 nitrogen and oxygen atoms in total. The molecule has 46 heavy (non-hydrogen) atoms. The van der Waals surface area contributed by atoms with Crippen molar-refractivity contribution in [2.45, 2.75) is 80.1 Å². The summed E-state index contributed by atoms with van der Waals surface area (Å²) in [7, 11) is 0. The Labute approximate surface area is 304 Å². The molecule has 0 heterocycles. The molecule has 6 rings (SSSR count). The number of allylic oxidation sites excluding steroid dienone is 4. The predicted molar refractivity (Wildman–Crippen MR) is 191 cm³/mol. The van der Waals surface area contributed by atoms with Crippen LogP contribution < -0.4 is 24.8 Å². The Morgan fingerprint density at radius 3 is 1.63 bits per heavy atom. The van der Waals surface area contributed by atoms with E-state index in [4.69, 9.17) is 0 Å². The van der Waals surface area contributed by atoms with Gasteiger partial charge in [-0.2, -0.15) is 0 Å². The van der Waals surface area contributed by atoms with E-state index in [0.29, 0.717) is 5.92 Å². The van der Waals surface area contributed by atoms with Crippen molar-refractivity contribution in [3.05, 3.63) is 142 Å². The molecule has 0 N–H and O–H groups in total. The maximum atomic E-state index is 2.46. The summed E-state index contributed by atoms with van der Waals surface area (Å²) in [4.78, 5) is 0. The Morgan fingerprint density at radius 2 is 1.17 bits per heavy atom. The standard InChI is InChI=1S/C30H37.C13H10.2ClH.Zr/c1-17-18(2)20(4)27(19(17)3)28-25-16-21-15-22(29(5,6)7)11-12-23(21)24(25)13-14-26(28)30(8,9)10;1-3-7-12(8-4-1)11-13-9-5-2-6-10-13;;;/h11-16,19H,1-10H3;1-10H;2*1H;/q-1;;;;+2/p-2. The Hall–Kier alpha value is -2.44. The van der Waals surface area contributed by atoms with Gasteiger partial charge in [-0.05, 0) is 43.1 Å². The molecule has 1 atom stereocenters. The molecule has 0 saturated carbocycles. The Balaban J connectivity index is 0.000000304. The van der Waals surface area contributed by atoms with Crippen LogP contribution in [0.1, 0.15) is 97.1 Å². The number of hydrogen-bond acceptors (Lipinski definition) is 0. The molecule has 0 amide bonds. The van der Waals surface area contributed by atoms with Crippen LogP contribution >= 0.6 is 0 Å². The summed E-state index contributed by atoms with van der Waals surface area (Å²) in [6.07, 6.45) is 0. The quantitative estimate of drug-likeness (QED) is 0.204. The van der Waals surface area contributed by atoms with Crippen LogP contribution in [0.15, 0.2) is 114 Å². The molecule has 0 bridgehead atoms. The van der Waals surface area contributed by atoms with E-state index in [1.807, 2.05) is 0 Å². The van der Waals surface area contributed by atoms with Crippen LogP contribution in [-0.2, 0) is 35.1 Å². The van der Waals surface area contributed by atoms with Gasteiger partial charge in [-0.1, -0.05) is 106 Å². The summed E-state index contributed by atoms with van der Waals surface area (Å²) in [5.41, 5.74) is 13.3.